The molecule has 0 aromatic carbocycles. The highest BCUT2D eigenvalue weighted by Crippen LogP contribution is 2.37. The molecule has 9 atom stereocenters. The van der Waals surface area contributed by atoms with Crippen molar-refractivity contribution in [1.82, 2.24) is 0 Å². The maximum absolute atomic E-state index is 12.6. The van der Waals surface area contributed by atoms with Crippen molar-refractivity contribution in [2.75, 3.05) is 0 Å². The summed E-state index contributed by atoms with van der Waals surface area (Å²) in [7, 11) is 0. The van der Waals surface area contributed by atoms with Gasteiger partial charge in [-0.1, -0.05) is 57.2 Å². The number of nitrogens with one attached hydrogen (secondary N) is 1. The van der Waals surface area contributed by atoms with E-state index < -0.39 is 41.2 Å². The van der Waals surface area contributed by atoms with Crippen molar-refractivity contribution in [1.29, 1.82) is 5.41 Å². The average molecular weight is 511 g/mol. The van der Waals surface area contributed by atoms with Gasteiger partial charge in [-0.25, -0.2) is 0 Å². The SMILES string of the molecule is CC[C@H]1OC(=O)[C@H](C)C[C@H](I)[C@@H](C)[C@](C)(O)C[C@@H](C)C(=N)[C@H](C)[C@@H](O)[C@]1(C)O. The molecule has 1 fully saturated rings. The molecule has 0 radical (unpaired) electrons. The molecule has 1 heterocycles. The molecule has 1 rings (SSSR count). The summed E-state index contributed by atoms with van der Waals surface area (Å²) in [6.07, 6.45) is -0.851. The lowest BCUT2D eigenvalue weighted by molar-refractivity contribution is -0.186. The lowest BCUT2D eigenvalue weighted by atomic mass is 9.74. The fourth-order valence-corrected chi connectivity index (χ4v) is 5.67. The van der Waals surface area contributed by atoms with Crippen LogP contribution in [0.25, 0.3) is 0 Å². The zero-order valence-corrected chi connectivity index (χ0v) is 20.4. The minimum atomic E-state index is -1.68. The summed E-state index contributed by atoms with van der Waals surface area (Å²) in [5.41, 5.74) is -2.43. The number of aliphatic hydroxyl groups excluding tert-OH is 1. The Morgan fingerprint density at radius 1 is 1.18 bits per heavy atom. The molecule has 7 heteroatoms. The third-order valence-corrected chi connectivity index (χ3v) is 8.19. The van der Waals surface area contributed by atoms with Gasteiger partial charge in [0.15, 0.2) is 0 Å². The number of halogens is 1. The Labute approximate surface area is 183 Å². The summed E-state index contributed by atoms with van der Waals surface area (Å²) in [6.45, 7) is 12.4. The molecule has 0 saturated carbocycles. The predicted molar refractivity (Wildman–Crippen MR) is 119 cm³/mol. The Hall–Kier alpha value is -0.250. The maximum atomic E-state index is 12.6. The van der Waals surface area contributed by atoms with Crippen LogP contribution < -0.4 is 0 Å². The zero-order chi connectivity index (χ0) is 22.0. The molecule has 0 spiro atoms. The normalized spacial score (nSPS) is 47.3. The van der Waals surface area contributed by atoms with Crippen LogP contribution in [0.1, 0.15) is 67.7 Å². The van der Waals surface area contributed by atoms with Gasteiger partial charge in [0.1, 0.15) is 11.7 Å². The smallest absolute Gasteiger partial charge is 0.309 e. The third-order valence-electron chi connectivity index (χ3n) is 6.60. The first-order chi connectivity index (χ1) is 12.7. The van der Waals surface area contributed by atoms with Crippen LogP contribution in [0.15, 0.2) is 0 Å². The molecular formula is C21H38INO5. The Morgan fingerprint density at radius 2 is 1.71 bits per heavy atom. The molecule has 0 amide bonds. The van der Waals surface area contributed by atoms with Gasteiger partial charge in [0.05, 0.1) is 17.6 Å². The number of esters is 1. The molecule has 0 aromatic heterocycles. The van der Waals surface area contributed by atoms with E-state index in [0.29, 0.717) is 19.3 Å². The fraction of sp³-hybridized carbons (Fsp3) is 0.905. The van der Waals surface area contributed by atoms with E-state index >= 15 is 0 Å². The van der Waals surface area contributed by atoms with E-state index in [1.165, 1.54) is 6.92 Å². The van der Waals surface area contributed by atoms with Crippen molar-refractivity contribution in [3.8, 4) is 0 Å². The number of hydrogen-bond acceptors (Lipinski definition) is 6. The molecule has 0 bridgehead atoms. The number of cyclic esters (lactones) is 1. The number of aliphatic hydroxyl groups is 3. The third kappa shape index (κ3) is 5.67. The number of carbonyl (C=O) groups excluding carboxylic acids is 1. The summed E-state index contributed by atoms with van der Waals surface area (Å²) < 4.78 is 5.65. The van der Waals surface area contributed by atoms with E-state index in [1.54, 1.807) is 27.7 Å². The van der Waals surface area contributed by atoms with E-state index in [1.807, 2.05) is 13.8 Å². The highest BCUT2D eigenvalue weighted by atomic mass is 127. The lowest BCUT2D eigenvalue weighted by Gasteiger charge is -2.41. The van der Waals surface area contributed by atoms with Gasteiger partial charge in [0, 0.05) is 15.6 Å². The van der Waals surface area contributed by atoms with E-state index in [9.17, 15) is 20.1 Å². The molecular weight excluding hydrogens is 473 g/mol. The topological polar surface area (TPSA) is 111 Å². The Kier molecular flexibility index (Phi) is 8.94. The quantitative estimate of drug-likeness (QED) is 0.245. The molecule has 0 aliphatic carbocycles. The Morgan fingerprint density at radius 3 is 2.21 bits per heavy atom. The van der Waals surface area contributed by atoms with Gasteiger partial charge >= 0.3 is 5.97 Å². The van der Waals surface area contributed by atoms with Crippen molar-refractivity contribution < 1.29 is 24.9 Å². The minimum Gasteiger partial charge on any atom is -0.459 e. The van der Waals surface area contributed by atoms with Gasteiger partial charge in [-0.05, 0) is 44.9 Å². The largest absolute Gasteiger partial charge is 0.459 e. The molecule has 4 N–H and O–H groups in total. The summed E-state index contributed by atoms with van der Waals surface area (Å²) >= 11 is 2.28. The van der Waals surface area contributed by atoms with Crippen molar-refractivity contribution in [3.63, 3.8) is 0 Å². The van der Waals surface area contributed by atoms with Crippen LogP contribution in [0.4, 0.5) is 0 Å². The molecule has 1 saturated heterocycles. The molecule has 164 valence electrons. The molecule has 1 aliphatic rings. The Balaban J connectivity index is 3.33. The highest BCUT2D eigenvalue weighted by Gasteiger charge is 2.46. The van der Waals surface area contributed by atoms with Crippen molar-refractivity contribution >= 4 is 34.3 Å². The molecule has 0 aromatic rings. The predicted octanol–water partition coefficient (Wildman–Crippen LogP) is 3.33. The van der Waals surface area contributed by atoms with Crippen LogP contribution in [0.2, 0.25) is 0 Å². The molecule has 6 nitrogen and oxygen atoms in total. The van der Waals surface area contributed by atoms with Crippen LogP contribution in [0.5, 0.6) is 0 Å². The first-order valence-corrected chi connectivity index (χ1v) is 11.5. The van der Waals surface area contributed by atoms with Gasteiger partial charge in [-0.15, -0.1) is 0 Å². The van der Waals surface area contributed by atoms with Gasteiger partial charge in [0.2, 0.25) is 0 Å². The second-order valence-electron chi connectivity index (χ2n) is 9.15. The lowest BCUT2D eigenvalue weighted by Crippen LogP contribution is -2.56. The minimum absolute atomic E-state index is 0.0445. The van der Waals surface area contributed by atoms with Crippen molar-refractivity contribution in [2.45, 2.75) is 95.1 Å². The van der Waals surface area contributed by atoms with Gasteiger partial charge < -0.3 is 25.5 Å². The standard InChI is InChI=1S/C21H38INO5/c1-8-16-21(7,27)18(24)13(4)17(23)12(3)10-20(6,26)14(5)15(22)9-11(2)19(25)28-16/h11-16,18,23-24,26-27H,8-10H2,1-7H3/t11-,12-,13+,14-,15+,16-,18-,20-,21-/m1/s1. The first-order valence-electron chi connectivity index (χ1n) is 10.2. The number of ether oxygens (including phenoxy) is 1. The van der Waals surface area contributed by atoms with Crippen LogP contribution in [-0.2, 0) is 9.53 Å². The Bertz CT molecular complexity index is 565. The van der Waals surface area contributed by atoms with Crippen LogP contribution >= 0.6 is 22.6 Å². The average Bonchev–Trinajstić information content (AvgIpc) is 2.61. The number of alkyl halides is 1. The summed E-state index contributed by atoms with van der Waals surface area (Å²) in [4.78, 5) is 12.6. The van der Waals surface area contributed by atoms with Crippen LogP contribution in [-0.4, -0.2) is 54.3 Å². The van der Waals surface area contributed by atoms with Gasteiger partial charge in [0.25, 0.3) is 0 Å². The van der Waals surface area contributed by atoms with E-state index in [2.05, 4.69) is 22.6 Å². The van der Waals surface area contributed by atoms with Gasteiger partial charge in [-0.2, -0.15) is 0 Å². The van der Waals surface area contributed by atoms with E-state index in [4.69, 9.17) is 10.1 Å². The van der Waals surface area contributed by atoms with Crippen LogP contribution in [0, 0.1) is 29.1 Å². The van der Waals surface area contributed by atoms with Gasteiger partial charge in [-0.3, -0.25) is 4.79 Å². The second kappa shape index (κ2) is 9.71. The maximum Gasteiger partial charge on any atom is 0.309 e. The van der Waals surface area contributed by atoms with Crippen LogP contribution in [0.3, 0.4) is 0 Å². The monoisotopic (exact) mass is 511 g/mol. The summed E-state index contributed by atoms with van der Waals surface area (Å²) in [5.74, 6) is -1.80. The summed E-state index contributed by atoms with van der Waals surface area (Å²) in [6, 6.07) is 0. The number of hydrogen-bond donors (Lipinski definition) is 4. The second-order valence-corrected chi connectivity index (χ2v) is 10.8. The summed E-state index contributed by atoms with van der Waals surface area (Å²) in [5, 5.41) is 41.5. The number of rotatable bonds is 1. The molecule has 28 heavy (non-hydrogen) atoms. The van der Waals surface area contributed by atoms with Crippen molar-refractivity contribution in [3.05, 3.63) is 0 Å². The zero-order valence-electron chi connectivity index (χ0n) is 18.2. The first kappa shape index (κ1) is 25.8. The molecule has 0 unspecified atom stereocenters. The fourth-order valence-electron chi connectivity index (χ4n) is 4.13. The molecule has 1 aliphatic heterocycles. The highest BCUT2D eigenvalue weighted by molar-refractivity contribution is 14.1. The van der Waals surface area contributed by atoms with Crippen molar-refractivity contribution in [2.24, 2.45) is 23.7 Å². The van der Waals surface area contributed by atoms with E-state index in [0.717, 1.165) is 0 Å². The number of carbonyl (C=O) groups is 1. The van der Waals surface area contributed by atoms with E-state index in [-0.39, 0.29) is 21.5 Å².